The summed E-state index contributed by atoms with van der Waals surface area (Å²) in [5, 5.41) is 0. The first-order chi connectivity index (χ1) is 7.82. The van der Waals surface area contributed by atoms with Gasteiger partial charge < -0.3 is 10.6 Å². The summed E-state index contributed by atoms with van der Waals surface area (Å²) < 4.78 is 0. The molecule has 1 aromatic heterocycles. The molecule has 0 aliphatic rings. The van der Waals surface area contributed by atoms with E-state index in [0.717, 1.165) is 5.56 Å². The lowest BCUT2D eigenvalue weighted by Crippen LogP contribution is -2.48. The Bertz CT molecular complexity index is 379. The van der Waals surface area contributed by atoms with Crippen molar-refractivity contribution in [2.24, 2.45) is 11.1 Å². The average molecular weight is 308 g/mol. The zero-order valence-electron chi connectivity index (χ0n) is 11.8. The zero-order chi connectivity index (χ0) is 13.1. The summed E-state index contributed by atoms with van der Waals surface area (Å²) in [5.41, 5.74) is 6.72. The molecule has 0 aromatic carbocycles. The molecule has 0 bridgehead atoms. The van der Waals surface area contributed by atoms with E-state index in [1.807, 2.05) is 32.9 Å². The first kappa shape index (κ1) is 20.5. The van der Waals surface area contributed by atoms with Crippen molar-refractivity contribution < 1.29 is 4.79 Å². The Morgan fingerprint density at radius 2 is 2.00 bits per heavy atom. The number of rotatable bonds is 3. The maximum Gasteiger partial charge on any atom is 0.240 e. The van der Waals surface area contributed by atoms with Gasteiger partial charge in [0.2, 0.25) is 5.91 Å². The van der Waals surface area contributed by atoms with Gasteiger partial charge in [-0.05, 0) is 17.0 Å². The highest BCUT2D eigenvalue weighted by molar-refractivity contribution is 5.85. The number of halogens is 2. The minimum absolute atomic E-state index is 0. The second kappa shape index (κ2) is 8.35. The fourth-order valence-electron chi connectivity index (χ4n) is 1.45. The van der Waals surface area contributed by atoms with E-state index in [-0.39, 0.29) is 36.1 Å². The molecule has 0 aliphatic carbocycles. The zero-order valence-corrected chi connectivity index (χ0v) is 13.4. The molecule has 0 saturated carbocycles. The molecule has 4 nitrogen and oxygen atoms in total. The Hall–Kier alpha value is -0.840. The van der Waals surface area contributed by atoms with Crippen molar-refractivity contribution in [3.63, 3.8) is 0 Å². The van der Waals surface area contributed by atoms with Gasteiger partial charge in [0.25, 0.3) is 0 Å². The maximum absolute atomic E-state index is 12.1. The molecule has 1 aromatic rings. The van der Waals surface area contributed by atoms with Gasteiger partial charge in [-0.1, -0.05) is 26.8 Å². The Morgan fingerprint density at radius 3 is 2.42 bits per heavy atom. The van der Waals surface area contributed by atoms with Gasteiger partial charge in [0.05, 0.1) is 6.04 Å². The third-order valence-electron chi connectivity index (χ3n) is 2.72. The molecule has 0 fully saturated rings. The molecule has 110 valence electrons. The molecule has 1 heterocycles. The normalized spacial score (nSPS) is 11.8. The molecule has 0 saturated heterocycles. The van der Waals surface area contributed by atoms with Crippen LogP contribution >= 0.6 is 24.8 Å². The molecule has 2 N–H and O–H groups in total. The Balaban J connectivity index is 0. The van der Waals surface area contributed by atoms with Crippen molar-refractivity contribution in [3.05, 3.63) is 30.1 Å². The van der Waals surface area contributed by atoms with Crippen LogP contribution in [0.3, 0.4) is 0 Å². The van der Waals surface area contributed by atoms with Crippen molar-refractivity contribution in [1.82, 2.24) is 9.88 Å². The van der Waals surface area contributed by atoms with E-state index in [0.29, 0.717) is 6.54 Å². The second-order valence-corrected chi connectivity index (χ2v) is 5.40. The molecule has 0 unspecified atom stereocenters. The largest absolute Gasteiger partial charge is 0.340 e. The summed E-state index contributed by atoms with van der Waals surface area (Å²) in [6.07, 6.45) is 3.47. The van der Waals surface area contributed by atoms with Gasteiger partial charge in [0, 0.05) is 26.0 Å². The number of hydrogen-bond donors (Lipinski definition) is 1. The summed E-state index contributed by atoms with van der Waals surface area (Å²) in [7, 11) is 1.76. The minimum atomic E-state index is -0.482. The van der Waals surface area contributed by atoms with Crippen molar-refractivity contribution in [2.75, 3.05) is 7.05 Å². The lowest BCUT2D eigenvalue weighted by Gasteiger charge is -2.30. The first-order valence-corrected chi connectivity index (χ1v) is 5.72. The van der Waals surface area contributed by atoms with E-state index in [1.165, 1.54) is 0 Å². The smallest absolute Gasteiger partial charge is 0.240 e. The van der Waals surface area contributed by atoms with E-state index in [1.54, 1.807) is 24.3 Å². The number of nitrogens with two attached hydrogens (primary N) is 1. The number of nitrogens with zero attached hydrogens (tertiary/aromatic N) is 2. The molecule has 1 amide bonds. The summed E-state index contributed by atoms with van der Waals surface area (Å²) in [5.74, 6) is -0.0404. The Labute approximate surface area is 127 Å². The highest BCUT2D eigenvalue weighted by atomic mass is 35.5. The van der Waals surface area contributed by atoms with Crippen molar-refractivity contribution in [3.8, 4) is 0 Å². The lowest BCUT2D eigenvalue weighted by molar-refractivity contribution is -0.134. The predicted octanol–water partition coefficient (Wildman–Crippen LogP) is 2.26. The van der Waals surface area contributed by atoms with E-state index in [4.69, 9.17) is 5.73 Å². The van der Waals surface area contributed by atoms with Crippen LogP contribution in [-0.2, 0) is 11.3 Å². The Morgan fingerprint density at radius 1 is 1.42 bits per heavy atom. The third-order valence-corrected chi connectivity index (χ3v) is 2.72. The molecular weight excluding hydrogens is 285 g/mol. The van der Waals surface area contributed by atoms with Crippen molar-refractivity contribution in [1.29, 1.82) is 0 Å². The summed E-state index contributed by atoms with van der Waals surface area (Å²) in [6, 6.07) is 3.32. The SMILES string of the molecule is CN(Cc1cccnc1)C(=O)[C@@H](N)C(C)(C)C.Cl.Cl. The summed E-state index contributed by atoms with van der Waals surface area (Å²) in [6.45, 7) is 6.44. The van der Waals surface area contributed by atoms with E-state index in [2.05, 4.69) is 4.98 Å². The van der Waals surface area contributed by atoms with Crippen LogP contribution in [0.5, 0.6) is 0 Å². The van der Waals surface area contributed by atoms with Crippen molar-refractivity contribution in [2.45, 2.75) is 33.4 Å². The van der Waals surface area contributed by atoms with Crippen molar-refractivity contribution >= 4 is 30.7 Å². The highest BCUT2D eigenvalue weighted by Gasteiger charge is 2.29. The number of carbonyl (C=O) groups excluding carboxylic acids is 1. The molecule has 1 rings (SSSR count). The number of amides is 1. The number of aromatic nitrogens is 1. The fourth-order valence-corrected chi connectivity index (χ4v) is 1.45. The van der Waals surface area contributed by atoms with E-state index < -0.39 is 6.04 Å². The lowest BCUT2D eigenvalue weighted by atomic mass is 9.86. The standard InChI is InChI=1S/C13H21N3O.2ClH/c1-13(2,3)11(14)12(17)16(4)9-10-6-5-7-15-8-10;;/h5-8,11H,9,14H2,1-4H3;2*1H/t11-;;/m1../s1. The van der Waals surface area contributed by atoms with Crippen LogP contribution in [0, 0.1) is 5.41 Å². The second-order valence-electron chi connectivity index (χ2n) is 5.40. The number of likely N-dealkylation sites (N-methyl/N-ethyl adjacent to an activating group) is 1. The van der Waals surface area contributed by atoms with Crippen LogP contribution in [0.1, 0.15) is 26.3 Å². The van der Waals surface area contributed by atoms with Gasteiger partial charge in [-0.15, -0.1) is 24.8 Å². The van der Waals surface area contributed by atoms with Gasteiger partial charge in [0.15, 0.2) is 0 Å². The quantitative estimate of drug-likeness (QED) is 0.932. The van der Waals surface area contributed by atoms with Gasteiger partial charge in [0.1, 0.15) is 0 Å². The highest BCUT2D eigenvalue weighted by Crippen LogP contribution is 2.19. The third kappa shape index (κ3) is 6.23. The molecular formula is C13H23Cl2N3O. The topological polar surface area (TPSA) is 59.2 Å². The van der Waals surface area contributed by atoms with Gasteiger partial charge in [-0.2, -0.15) is 0 Å². The fraction of sp³-hybridized carbons (Fsp3) is 0.538. The van der Waals surface area contributed by atoms with Gasteiger partial charge in [-0.3, -0.25) is 9.78 Å². The van der Waals surface area contributed by atoms with Gasteiger partial charge in [-0.25, -0.2) is 0 Å². The first-order valence-electron chi connectivity index (χ1n) is 5.72. The number of hydrogen-bond acceptors (Lipinski definition) is 3. The summed E-state index contributed by atoms with van der Waals surface area (Å²) >= 11 is 0. The van der Waals surface area contributed by atoms with Crippen LogP contribution in [0.25, 0.3) is 0 Å². The molecule has 0 aliphatic heterocycles. The minimum Gasteiger partial charge on any atom is -0.340 e. The Kier molecular flexibility index (Phi) is 9.00. The molecule has 0 radical (unpaired) electrons. The molecule has 1 atom stereocenters. The van der Waals surface area contributed by atoms with E-state index in [9.17, 15) is 4.79 Å². The van der Waals surface area contributed by atoms with Crippen LogP contribution in [0.4, 0.5) is 0 Å². The predicted molar refractivity (Wildman–Crippen MR) is 82.6 cm³/mol. The van der Waals surface area contributed by atoms with Crippen LogP contribution in [0.15, 0.2) is 24.5 Å². The van der Waals surface area contributed by atoms with Crippen LogP contribution in [-0.4, -0.2) is 28.9 Å². The molecule has 6 heteroatoms. The van der Waals surface area contributed by atoms with Crippen LogP contribution in [0.2, 0.25) is 0 Å². The van der Waals surface area contributed by atoms with Crippen LogP contribution < -0.4 is 5.73 Å². The average Bonchev–Trinajstić information content (AvgIpc) is 2.27. The van der Waals surface area contributed by atoms with Gasteiger partial charge >= 0.3 is 0 Å². The van der Waals surface area contributed by atoms with E-state index >= 15 is 0 Å². The number of carbonyl (C=O) groups is 1. The summed E-state index contributed by atoms with van der Waals surface area (Å²) in [4.78, 5) is 17.7. The monoisotopic (exact) mass is 307 g/mol. The molecule has 0 spiro atoms. The maximum atomic E-state index is 12.1. The number of pyridine rings is 1. The molecule has 19 heavy (non-hydrogen) atoms.